The molecule has 0 aromatic rings. The molecule has 1 amide bonds. The predicted molar refractivity (Wildman–Crippen MR) is 62.0 cm³/mol. The van der Waals surface area contributed by atoms with Crippen molar-refractivity contribution in [3.8, 4) is 0 Å². The summed E-state index contributed by atoms with van der Waals surface area (Å²) in [7, 11) is 1.53. The van der Waals surface area contributed by atoms with Gasteiger partial charge >= 0.3 is 0 Å². The van der Waals surface area contributed by atoms with Gasteiger partial charge in [-0.25, -0.2) is 0 Å². The minimum atomic E-state index is -0.991. The van der Waals surface area contributed by atoms with Crippen molar-refractivity contribution in [2.75, 3.05) is 20.3 Å². The first-order valence-electron chi connectivity index (χ1n) is 5.69. The van der Waals surface area contributed by atoms with Gasteiger partial charge in [0.2, 0.25) is 5.91 Å². The van der Waals surface area contributed by atoms with Crippen LogP contribution in [-0.4, -0.2) is 36.9 Å². The zero-order valence-electron chi connectivity index (χ0n) is 10.0. The van der Waals surface area contributed by atoms with Gasteiger partial charge in [-0.1, -0.05) is 12.2 Å². The molecule has 0 saturated heterocycles. The summed E-state index contributed by atoms with van der Waals surface area (Å²) in [5.74, 6) is 0.0871. The van der Waals surface area contributed by atoms with Crippen LogP contribution in [0.25, 0.3) is 0 Å². The number of aliphatic hydroxyl groups is 1. The number of carbonyl (C=O) groups is 1. The van der Waals surface area contributed by atoms with Gasteiger partial charge < -0.3 is 15.2 Å². The molecule has 92 valence electrons. The fourth-order valence-electron chi connectivity index (χ4n) is 1.82. The lowest BCUT2D eigenvalue weighted by Gasteiger charge is -2.24. The number of nitrogens with one attached hydrogen (secondary N) is 1. The fraction of sp³-hybridized carbons (Fsp3) is 0.750. The van der Waals surface area contributed by atoms with Crippen LogP contribution in [-0.2, 0) is 9.53 Å². The second kappa shape index (κ2) is 6.01. The monoisotopic (exact) mass is 227 g/mol. The Kier molecular flexibility index (Phi) is 4.96. The Balaban J connectivity index is 2.31. The molecule has 1 aliphatic rings. The van der Waals surface area contributed by atoms with E-state index in [1.807, 2.05) is 6.08 Å². The van der Waals surface area contributed by atoms with Crippen LogP contribution < -0.4 is 5.32 Å². The molecule has 1 rings (SSSR count). The number of allylic oxidation sites excluding steroid dienone is 2. The van der Waals surface area contributed by atoms with Crippen LogP contribution in [0.5, 0.6) is 0 Å². The van der Waals surface area contributed by atoms with E-state index in [2.05, 4.69) is 11.4 Å². The molecule has 1 aliphatic carbocycles. The van der Waals surface area contributed by atoms with Crippen molar-refractivity contribution in [2.45, 2.75) is 31.8 Å². The van der Waals surface area contributed by atoms with Crippen LogP contribution in [0.1, 0.15) is 26.2 Å². The summed E-state index contributed by atoms with van der Waals surface area (Å²) in [6, 6.07) is 0. The second-order valence-electron chi connectivity index (χ2n) is 4.63. The van der Waals surface area contributed by atoms with Gasteiger partial charge in [-0.3, -0.25) is 4.79 Å². The topological polar surface area (TPSA) is 58.6 Å². The average molecular weight is 227 g/mol. The first-order valence-corrected chi connectivity index (χ1v) is 5.69. The Hall–Kier alpha value is -0.870. The molecule has 4 heteroatoms. The standard InChI is InChI=1S/C12H21NO3/c1-12(15,9-16-2)8-13-11(14)10-6-4-3-5-7-10/h3-4,10,15H,5-9H2,1-2H3,(H,13,14). The van der Waals surface area contributed by atoms with E-state index in [4.69, 9.17) is 4.74 Å². The normalized spacial score (nSPS) is 23.8. The third-order valence-corrected chi connectivity index (χ3v) is 2.74. The lowest BCUT2D eigenvalue weighted by Crippen LogP contribution is -2.45. The molecule has 0 radical (unpaired) electrons. The molecule has 16 heavy (non-hydrogen) atoms. The van der Waals surface area contributed by atoms with Crippen molar-refractivity contribution in [3.63, 3.8) is 0 Å². The summed E-state index contributed by atoms with van der Waals surface area (Å²) < 4.78 is 4.87. The maximum absolute atomic E-state index is 11.8. The van der Waals surface area contributed by atoms with Crippen molar-refractivity contribution in [2.24, 2.45) is 5.92 Å². The lowest BCUT2D eigenvalue weighted by molar-refractivity contribution is -0.126. The molecular formula is C12H21NO3. The van der Waals surface area contributed by atoms with E-state index in [1.165, 1.54) is 7.11 Å². The summed E-state index contributed by atoms with van der Waals surface area (Å²) >= 11 is 0. The van der Waals surface area contributed by atoms with Gasteiger partial charge in [-0.05, 0) is 26.2 Å². The van der Waals surface area contributed by atoms with Gasteiger partial charge in [-0.15, -0.1) is 0 Å². The SMILES string of the molecule is COCC(C)(O)CNC(=O)C1CC=CCC1. The average Bonchev–Trinajstić information content (AvgIpc) is 2.27. The molecule has 0 spiro atoms. The van der Waals surface area contributed by atoms with Gasteiger partial charge in [0.25, 0.3) is 0 Å². The van der Waals surface area contributed by atoms with Gasteiger partial charge in [-0.2, -0.15) is 0 Å². The maximum Gasteiger partial charge on any atom is 0.223 e. The summed E-state index contributed by atoms with van der Waals surface area (Å²) in [4.78, 5) is 11.8. The van der Waals surface area contributed by atoms with Crippen molar-refractivity contribution < 1.29 is 14.6 Å². The highest BCUT2D eigenvalue weighted by molar-refractivity contribution is 5.79. The van der Waals surface area contributed by atoms with Crippen molar-refractivity contribution in [1.29, 1.82) is 0 Å². The number of ether oxygens (including phenoxy) is 1. The highest BCUT2D eigenvalue weighted by Gasteiger charge is 2.24. The second-order valence-corrected chi connectivity index (χ2v) is 4.63. The van der Waals surface area contributed by atoms with Crippen LogP contribution in [0.3, 0.4) is 0 Å². The summed E-state index contributed by atoms with van der Waals surface area (Å²) in [5.41, 5.74) is -0.991. The van der Waals surface area contributed by atoms with Gasteiger partial charge in [0, 0.05) is 19.6 Å². The first kappa shape index (κ1) is 13.2. The zero-order chi connectivity index (χ0) is 12.0. The quantitative estimate of drug-likeness (QED) is 0.685. The number of amides is 1. The van der Waals surface area contributed by atoms with E-state index < -0.39 is 5.60 Å². The number of hydrogen-bond acceptors (Lipinski definition) is 3. The number of methoxy groups -OCH3 is 1. The van der Waals surface area contributed by atoms with Crippen LogP contribution in [0.15, 0.2) is 12.2 Å². The van der Waals surface area contributed by atoms with E-state index in [9.17, 15) is 9.90 Å². The number of rotatable bonds is 5. The van der Waals surface area contributed by atoms with E-state index in [0.717, 1.165) is 19.3 Å². The van der Waals surface area contributed by atoms with E-state index in [-0.39, 0.29) is 25.0 Å². The Morgan fingerprint density at radius 3 is 2.94 bits per heavy atom. The van der Waals surface area contributed by atoms with Crippen LogP contribution >= 0.6 is 0 Å². The fourth-order valence-corrected chi connectivity index (χ4v) is 1.82. The number of carbonyl (C=O) groups excluding carboxylic acids is 1. The van der Waals surface area contributed by atoms with Gasteiger partial charge in [0.1, 0.15) is 5.60 Å². The third-order valence-electron chi connectivity index (χ3n) is 2.74. The highest BCUT2D eigenvalue weighted by Crippen LogP contribution is 2.18. The van der Waals surface area contributed by atoms with Crippen molar-refractivity contribution in [1.82, 2.24) is 5.32 Å². The van der Waals surface area contributed by atoms with E-state index in [1.54, 1.807) is 6.92 Å². The Bertz CT molecular complexity index is 261. The molecule has 0 heterocycles. The van der Waals surface area contributed by atoms with Crippen molar-refractivity contribution >= 4 is 5.91 Å². The molecule has 2 unspecified atom stereocenters. The molecule has 0 bridgehead atoms. The van der Waals surface area contributed by atoms with Gasteiger partial charge in [0.05, 0.1) is 6.61 Å². The highest BCUT2D eigenvalue weighted by atomic mass is 16.5. The summed E-state index contributed by atoms with van der Waals surface area (Å²) in [6.45, 7) is 2.11. The van der Waals surface area contributed by atoms with E-state index in [0.29, 0.717) is 0 Å². The van der Waals surface area contributed by atoms with Crippen LogP contribution in [0, 0.1) is 5.92 Å². The first-order chi connectivity index (χ1) is 7.55. The molecule has 0 aromatic carbocycles. The number of hydrogen-bond donors (Lipinski definition) is 2. The smallest absolute Gasteiger partial charge is 0.223 e. The molecular weight excluding hydrogens is 206 g/mol. The minimum absolute atomic E-state index is 0.0285. The maximum atomic E-state index is 11.8. The Morgan fingerprint density at radius 2 is 2.38 bits per heavy atom. The molecule has 2 atom stereocenters. The molecule has 4 nitrogen and oxygen atoms in total. The van der Waals surface area contributed by atoms with Crippen molar-refractivity contribution in [3.05, 3.63) is 12.2 Å². The zero-order valence-corrected chi connectivity index (χ0v) is 10.0. The summed E-state index contributed by atoms with van der Waals surface area (Å²) in [6.07, 6.45) is 6.81. The molecule has 0 fully saturated rings. The Labute approximate surface area is 96.7 Å². The minimum Gasteiger partial charge on any atom is -0.386 e. The largest absolute Gasteiger partial charge is 0.386 e. The predicted octanol–water partition coefficient (Wildman–Crippen LogP) is 0.856. The Morgan fingerprint density at radius 1 is 1.62 bits per heavy atom. The van der Waals surface area contributed by atoms with Crippen LogP contribution in [0.2, 0.25) is 0 Å². The lowest BCUT2D eigenvalue weighted by atomic mass is 9.93. The molecule has 0 aliphatic heterocycles. The van der Waals surface area contributed by atoms with Gasteiger partial charge in [0.15, 0.2) is 0 Å². The molecule has 0 aromatic heterocycles. The molecule has 2 N–H and O–H groups in total. The third kappa shape index (κ3) is 4.33. The van der Waals surface area contributed by atoms with E-state index >= 15 is 0 Å². The molecule has 0 saturated carbocycles. The van der Waals surface area contributed by atoms with Crippen LogP contribution in [0.4, 0.5) is 0 Å². The summed E-state index contributed by atoms with van der Waals surface area (Å²) in [5, 5.41) is 12.6.